The first-order valence-electron chi connectivity index (χ1n) is 9.99. The molecule has 2 aliphatic rings. The molecule has 1 N–H and O–H groups in total. The molecule has 0 aliphatic carbocycles. The monoisotopic (exact) mass is 440 g/mol. The highest BCUT2D eigenvalue weighted by Crippen LogP contribution is 2.33. The molecule has 3 aromatic rings. The zero-order chi connectivity index (χ0) is 21.4. The Morgan fingerprint density at radius 1 is 1.10 bits per heavy atom. The summed E-state index contributed by atoms with van der Waals surface area (Å²) in [4.78, 5) is 12.6. The van der Waals surface area contributed by atoms with Crippen molar-refractivity contribution in [2.45, 2.75) is 30.3 Å². The predicted octanol–water partition coefficient (Wildman–Crippen LogP) is 2.92. The molecule has 1 atom stereocenters. The molecule has 0 saturated carbocycles. The molecule has 1 fully saturated rings. The molecule has 160 valence electrons. The van der Waals surface area contributed by atoms with E-state index in [9.17, 15) is 13.2 Å². The number of carbonyl (C=O) groups is 1. The van der Waals surface area contributed by atoms with Crippen molar-refractivity contribution in [2.75, 3.05) is 22.8 Å². The number of sulfonamides is 1. The second kappa shape index (κ2) is 7.78. The average molecular weight is 440 g/mol. The molecule has 0 radical (unpaired) electrons. The number of rotatable bonds is 5. The Morgan fingerprint density at radius 3 is 2.68 bits per heavy atom. The van der Waals surface area contributed by atoms with Crippen LogP contribution in [0.15, 0.2) is 57.8 Å². The fourth-order valence-corrected chi connectivity index (χ4v) is 5.32. The molecule has 1 amide bonds. The molecule has 1 unspecified atom stereocenters. The fourth-order valence-electron chi connectivity index (χ4n) is 3.82. The number of nitrogens with zero attached hydrogens (tertiary/aromatic N) is 3. The van der Waals surface area contributed by atoms with E-state index in [0.29, 0.717) is 31.2 Å². The average Bonchev–Trinajstić information content (AvgIpc) is 3.54. The zero-order valence-corrected chi connectivity index (χ0v) is 17.3. The van der Waals surface area contributed by atoms with Gasteiger partial charge in [0.15, 0.2) is 0 Å². The van der Waals surface area contributed by atoms with Crippen LogP contribution in [-0.2, 0) is 21.2 Å². The van der Waals surface area contributed by atoms with Crippen molar-refractivity contribution in [1.82, 2.24) is 10.2 Å². The van der Waals surface area contributed by atoms with Crippen LogP contribution in [0, 0.1) is 0 Å². The Bertz CT molecular complexity index is 1220. The molecule has 2 aromatic carbocycles. The van der Waals surface area contributed by atoms with E-state index in [1.165, 1.54) is 28.6 Å². The van der Waals surface area contributed by atoms with Crippen molar-refractivity contribution >= 4 is 27.6 Å². The van der Waals surface area contributed by atoms with Gasteiger partial charge < -0.3 is 9.15 Å². The van der Waals surface area contributed by atoms with E-state index < -0.39 is 15.9 Å². The van der Waals surface area contributed by atoms with Crippen LogP contribution in [0.25, 0.3) is 0 Å². The third kappa shape index (κ3) is 3.68. The summed E-state index contributed by atoms with van der Waals surface area (Å²) in [5.74, 6) is -0.141. The summed E-state index contributed by atoms with van der Waals surface area (Å²) < 4.78 is 38.5. The largest absolute Gasteiger partial charge is 0.405 e. The van der Waals surface area contributed by atoms with E-state index in [2.05, 4.69) is 15.5 Å². The number of fused-ring (bicyclic) bond motifs is 1. The van der Waals surface area contributed by atoms with Gasteiger partial charge in [0.25, 0.3) is 15.9 Å². The summed E-state index contributed by atoms with van der Waals surface area (Å²) >= 11 is 0. The number of anilines is 2. The molecule has 1 saturated heterocycles. The van der Waals surface area contributed by atoms with Gasteiger partial charge in [0.05, 0.1) is 10.6 Å². The molecule has 10 heteroatoms. The number of benzene rings is 2. The van der Waals surface area contributed by atoms with Crippen LogP contribution in [0.3, 0.4) is 0 Å². The van der Waals surface area contributed by atoms with Crippen LogP contribution in [0.5, 0.6) is 0 Å². The number of hydrogen-bond acceptors (Lipinski definition) is 7. The Labute approximate surface area is 179 Å². The fraction of sp³-hybridized carbons (Fsp3) is 0.286. The van der Waals surface area contributed by atoms with Gasteiger partial charge in [0, 0.05) is 18.7 Å². The van der Waals surface area contributed by atoms with Gasteiger partial charge in [-0.3, -0.25) is 14.4 Å². The maximum Gasteiger partial charge on any atom is 0.322 e. The third-order valence-electron chi connectivity index (χ3n) is 5.42. The zero-order valence-electron chi connectivity index (χ0n) is 16.5. The lowest BCUT2D eigenvalue weighted by atomic mass is 10.2. The van der Waals surface area contributed by atoms with Crippen LogP contribution in [0.1, 0.15) is 40.8 Å². The van der Waals surface area contributed by atoms with Gasteiger partial charge in [-0.05, 0) is 55.2 Å². The molecule has 0 bridgehead atoms. The summed E-state index contributed by atoms with van der Waals surface area (Å²) in [6.07, 6.45) is 2.16. The van der Waals surface area contributed by atoms with Crippen LogP contribution in [-0.4, -0.2) is 37.7 Å². The second-order valence-corrected chi connectivity index (χ2v) is 9.24. The summed E-state index contributed by atoms with van der Waals surface area (Å²) in [6.45, 7) is 1.04. The number of para-hydroxylation sites is 1. The topological polar surface area (TPSA) is 115 Å². The maximum absolute atomic E-state index is 13.1. The Hall–Kier alpha value is -3.24. The lowest BCUT2D eigenvalue weighted by molar-refractivity contribution is 0.0893. The van der Waals surface area contributed by atoms with Crippen molar-refractivity contribution < 1.29 is 22.4 Å². The van der Waals surface area contributed by atoms with E-state index in [4.69, 9.17) is 9.15 Å². The molecular formula is C21H20N4O5S. The number of hydrogen-bond donors (Lipinski definition) is 1. The van der Waals surface area contributed by atoms with Gasteiger partial charge in [-0.1, -0.05) is 23.3 Å². The van der Waals surface area contributed by atoms with Crippen LogP contribution >= 0.6 is 0 Å². The van der Waals surface area contributed by atoms with Gasteiger partial charge in [-0.2, -0.15) is 0 Å². The summed E-state index contributed by atoms with van der Waals surface area (Å²) in [6, 6.07) is 13.2. The van der Waals surface area contributed by atoms with Crippen molar-refractivity contribution in [1.29, 1.82) is 0 Å². The minimum Gasteiger partial charge on any atom is -0.405 e. The third-order valence-corrected chi connectivity index (χ3v) is 7.24. The van der Waals surface area contributed by atoms with Crippen molar-refractivity contribution in [3.63, 3.8) is 0 Å². The summed E-state index contributed by atoms with van der Waals surface area (Å²) in [5, 5.41) is 10.3. The first kappa shape index (κ1) is 19.7. The predicted molar refractivity (Wildman–Crippen MR) is 111 cm³/mol. The first-order valence-corrected chi connectivity index (χ1v) is 11.4. The molecule has 5 rings (SSSR count). The van der Waals surface area contributed by atoms with Gasteiger partial charge in [0.2, 0.25) is 5.89 Å². The van der Waals surface area contributed by atoms with Crippen LogP contribution < -0.4 is 9.62 Å². The highest BCUT2D eigenvalue weighted by atomic mass is 32.2. The Kier molecular flexibility index (Phi) is 4.95. The molecule has 3 heterocycles. The quantitative estimate of drug-likeness (QED) is 0.649. The standard InChI is InChI=1S/C21H20N4O5S/c26-19(22-21-24-23-20(30-21)18-6-3-13-29-18)15-7-9-16(10-8-15)31(27,28)25-12-11-14-4-1-2-5-17(14)25/h1-2,4-5,7-10,18H,3,6,11-13H2,(H,22,24,26). The summed E-state index contributed by atoms with van der Waals surface area (Å²) in [7, 11) is -3.71. The van der Waals surface area contributed by atoms with Gasteiger partial charge in [-0.25, -0.2) is 8.42 Å². The highest BCUT2D eigenvalue weighted by Gasteiger charge is 2.30. The minimum absolute atomic E-state index is 0.0270. The van der Waals surface area contributed by atoms with Crippen LogP contribution in [0.4, 0.5) is 11.7 Å². The SMILES string of the molecule is O=C(Nc1nnc(C2CCCO2)o1)c1ccc(S(=O)(=O)N2CCc3ccccc32)cc1. The second-order valence-electron chi connectivity index (χ2n) is 7.38. The van der Waals surface area contributed by atoms with Gasteiger partial charge in [-0.15, -0.1) is 5.10 Å². The van der Waals surface area contributed by atoms with E-state index in [1.54, 1.807) is 6.07 Å². The number of aromatic nitrogens is 2. The molecule has 9 nitrogen and oxygen atoms in total. The minimum atomic E-state index is -3.71. The van der Waals surface area contributed by atoms with Gasteiger partial charge in [0.1, 0.15) is 6.10 Å². The Balaban J connectivity index is 1.30. The van der Waals surface area contributed by atoms with E-state index in [0.717, 1.165) is 18.4 Å². The molecule has 31 heavy (non-hydrogen) atoms. The van der Waals surface area contributed by atoms with E-state index >= 15 is 0 Å². The normalized spacial score (nSPS) is 18.2. The molecular weight excluding hydrogens is 420 g/mol. The number of ether oxygens (including phenoxy) is 1. The van der Waals surface area contributed by atoms with Crippen molar-refractivity contribution in [3.05, 3.63) is 65.5 Å². The molecule has 2 aliphatic heterocycles. The summed E-state index contributed by atoms with van der Waals surface area (Å²) in [5.41, 5.74) is 1.98. The number of nitrogens with one attached hydrogen (secondary N) is 1. The maximum atomic E-state index is 13.1. The number of carbonyl (C=O) groups excluding carboxylic acids is 1. The Morgan fingerprint density at radius 2 is 1.90 bits per heavy atom. The van der Waals surface area contributed by atoms with Gasteiger partial charge >= 0.3 is 6.01 Å². The van der Waals surface area contributed by atoms with E-state index in [1.807, 2.05) is 18.2 Å². The molecule has 0 spiro atoms. The first-order chi connectivity index (χ1) is 15.0. The van der Waals surface area contributed by atoms with E-state index in [-0.39, 0.29) is 22.6 Å². The number of amides is 1. The molecule has 1 aromatic heterocycles. The lowest BCUT2D eigenvalue weighted by Crippen LogP contribution is -2.29. The van der Waals surface area contributed by atoms with Crippen molar-refractivity contribution in [3.8, 4) is 0 Å². The van der Waals surface area contributed by atoms with Crippen molar-refractivity contribution in [2.24, 2.45) is 0 Å². The van der Waals surface area contributed by atoms with Crippen LogP contribution in [0.2, 0.25) is 0 Å². The smallest absolute Gasteiger partial charge is 0.322 e. The lowest BCUT2D eigenvalue weighted by Gasteiger charge is -2.19. The highest BCUT2D eigenvalue weighted by molar-refractivity contribution is 7.92.